The first-order valence-electron chi connectivity index (χ1n) is 7.00. The zero-order valence-electron chi connectivity index (χ0n) is 12.2. The van der Waals surface area contributed by atoms with Crippen molar-refractivity contribution < 1.29 is 9.90 Å². The second kappa shape index (κ2) is 8.55. The molecule has 1 atom stereocenters. The van der Waals surface area contributed by atoms with Gasteiger partial charge in [0.2, 0.25) is 0 Å². The SMILES string of the molecule is CC(C)Cc1ccc(C(O)CNCCNC(N)=O)cc1. The van der Waals surface area contributed by atoms with Crippen LogP contribution in [0, 0.1) is 5.92 Å². The maximum absolute atomic E-state index is 10.5. The molecule has 1 aromatic rings. The van der Waals surface area contributed by atoms with Crippen LogP contribution in [-0.2, 0) is 6.42 Å². The lowest BCUT2D eigenvalue weighted by Gasteiger charge is -2.13. The van der Waals surface area contributed by atoms with Crippen LogP contribution in [-0.4, -0.2) is 30.8 Å². The van der Waals surface area contributed by atoms with E-state index >= 15 is 0 Å². The first-order valence-corrected chi connectivity index (χ1v) is 7.00. The van der Waals surface area contributed by atoms with Crippen LogP contribution in [0.1, 0.15) is 31.1 Å². The minimum atomic E-state index is -0.545. The zero-order valence-corrected chi connectivity index (χ0v) is 12.2. The fourth-order valence-corrected chi connectivity index (χ4v) is 1.98. The number of urea groups is 1. The highest BCUT2D eigenvalue weighted by Gasteiger charge is 2.07. The number of benzene rings is 1. The molecule has 0 radical (unpaired) electrons. The average Bonchev–Trinajstić information content (AvgIpc) is 2.38. The van der Waals surface area contributed by atoms with Gasteiger partial charge in [-0.1, -0.05) is 38.1 Å². The van der Waals surface area contributed by atoms with Gasteiger partial charge in [0, 0.05) is 19.6 Å². The molecule has 0 spiro atoms. The summed E-state index contributed by atoms with van der Waals surface area (Å²) in [5, 5.41) is 15.6. The summed E-state index contributed by atoms with van der Waals surface area (Å²) < 4.78 is 0. The summed E-state index contributed by atoms with van der Waals surface area (Å²) in [6.45, 7) is 5.85. The molecule has 5 heteroatoms. The summed E-state index contributed by atoms with van der Waals surface area (Å²) in [7, 11) is 0. The Morgan fingerprint density at radius 1 is 1.25 bits per heavy atom. The van der Waals surface area contributed by atoms with E-state index in [2.05, 4.69) is 36.6 Å². The third kappa shape index (κ3) is 6.54. The monoisotopic (exact) mass is 279 g/mol. The summed E-state index contributed by atoms with van der Waals surface area (Å²) in [5.74, 6) is 0.630. The van der Waals surface area contributed by atoms with E-state index in [0.717, 1.165) is 12.0 Å². The number of amides is 2. The van der Waals surface area contributed by atoms with Gasteiger partial charge in [0.1, 0.15) is 0 Å². The van der Waals surface area contributed by atoms with Crippen molar-refractivity contribution in [2.45, 2.75) is 26.4 Å². The van der Waals surface area contributed by atoms with Gasteiger partial charge in [0.05, 0.1) is 6.10 Å². The normalized spacial score (nSPS) is 12.4. The van der Waals surface area contributed by atoms with Crippen LogP contribution in [0.4, 0.5) is 4.79 Å². The molecule has 0 heterocycles. The van der Waals surface area contributed by atoms with Gasteiger partial charge >= 0.3 is 6.03 Å². The van der Waals surface area contributed by atoms with E-state index < -0.39 is 12.1 Å². The highest BCUT2D eigenvalue weighted by molar-refractivity contribution is 5.71. The van der Waals surface area contributed by atoms with Gasteiger partial charge in [0.25, 0.3) is 0 Å². The van der Waals surface area contributed by atoms with Crippen molar-refractivity contribution in [2.75, 3.05) is 19.6 Å². The number of carbonyl (C=O) groups is 1. The van der Waals surface area contributed by atoms with Gasteiger partial charge in [-0.2, -0.15) is 0 Å². The standard InChI is InChI=1S/C15H25N3O2/c1-11(2)9-12-3-5-13(6-4-12)14(19)10-17-7-8-18-15(16)20/h3-6,11,14,17,19H,7-10H2,1-2H3,(H3,16,18,20). The van der Waals surface area contributed by atoms with Crippen molar-refractivity contribution in [1.29, 1.82) is 0 Å². The van der Waals surface area contributed by atoms with Crippen molar-refractivity contribution in [2.24, 2.45) is 11.7 Å². The average molecular weight is 279 g/mol. The molecule has 20 heavy (non-hydrogen) atoms. The Morgan fingerprint density at radius 3 is 2.45 bits per heavy atom. The van der Waals surface area contributed by atoms with Crippen LogP contribution in [0.5, 0.6) is 0 Å². The first-order chi connectivity index (χ1) is 9.49. The lowest BCUT2D eigenvalue weighted by Crippen LogP contribution is -2.36. The van der Waals surface area contributed by atoms with Crippen LogP contribution >= 0.6 is 0 Å². The number of hydrogen-bond donors (Lipinski definition) is 4. The minimum absolute atomic E-state index is 0.448. The second-order valence-electron chi connectivity index (χ2n) is 5.35. The molecule has 0 bridgehead atoms. The van der Waals surface area contributed by atoms with Crippen molar-refractivity contribution in [3.05, 3.63) is 35.4 Å². The van der Waals surface area contributed by atoms with Crippen LogP contribution in [0.25, 0.3) is 0 Å². The topological polar surface area (TPSA) is 87.4 Å². The summed E-state index contributed by atoms with van der Waals surface area (Å²) in [6, 6.07) is 7.52. The van der Waals surface area contributed by atoms with Gasteiger partial charge in [-0.15, -0.1) is 0 Å². The molecule has 5 N–H and O–H groups in total. The van der Waals surface area contributed by atoms with E-state index in [-0.39, 0.29) is 0 Å². The number of aliphatic hydroxyl groups excluding tert-OH is 1. The second-order valence-corrected chi connectivity index (χ2v) is 5.35. The summed E-state index contributed by atoms with van der Waals surface area (Å²) in [6.07, 6.45) is 0.504. The largest absolute Gasteiger partial charge is 0.387 e. The smallest absolute Gasteiger partial charge is 0.312 e. The molecular formula is C15H25N3O2. The summed E-state index contributed by atoms with van der Waals surface area (Å²) in [5.41, 5.74) is 7.13. The minimum Gasteiger partial charge on any atom is -0.387 e. The van der Waals surface area contributed by atoms with Crippen molar-refractivity contribution in [3.8, 4) is 0 Å². The van der Waals surface area contributed by atoms with Crippen molar-refractivity contribution in [3.63, 3.8) is 0 Å². The number of carbonyl (C=O) groups excluding carboxylic acids is 1. The Balaban J connectivity index is 2.32. The Bertz CT molecular complexity index is 404. The molecule has 0 fully saturated rings. The van der Waals surface area contributed by atoms with E-state index in [1.54, 1.807) is 0 Å². The Labute approximate surface area is 120 Å². The highest BCUT2D eigenvalue weighted by atomic mass is 16.3. The maximum Gasteiger partial charge on any atom is 0.312 e. The number of hydrogen-bond acceptors (Lipinski definition) is 3. The van der Waals surface area contributed by atoms with Gasteiger partial charge < -0.3 is 21.5 Å². The predicted octanol–water partition coefficient (Wildman–Crippen LogP) is 1.18. The molecule has 1 unspecified atom stereocenters. The Kier molecular flexibility index (Phi) is 7.04. The number of nitrogens with two attached hydrogens (primary N) is 1. The van der Waals surface area contributed by atoms with Gasteiger partial charge in [-0.3, -0.25) is 0 Å². The quantitative estimate of drug-likeness (QED) is 0.539. The maximum atomic E-state index is 10.5. The third-order valence-electron chi connectivity index (χ3n) is 2.95. The van der Waals surface area contributed by atoms with E-state index in [9.17, 15) is 9.90 Å². The summed E-state index contributed by atoms with van der Waals surface area (Å²) >= 11 is 0. The van der Waals surface area contributed by atoms with Crippen LogP contribution in [0.2, 0.25) is 0 Å². The molecular weight excluding hydrogens is 254 g/mol. The molecule has 1 aromatic carbocycles. The molecule has 0 aliphatic carbocycles. The van der Waals surface area contributed by atoms with Crippen molar-refractivity contribution >= 4 is 6.03 Å². The van der Waals surface area contributed by atoms with E-state index in [4.69, 9.17) is 5.73 Å². The Morgan fingerprint density at radius 2 is 1.90 bits per heavy atom. The number of aliphatic hydroxyl groups is 1. The molecule has 0 saturated carbocycles. The van der Waals surface area contributed by atoms with E-state index in [1.165, 1.54) is 5.56 Å². The predicted molar refractivity (Wildman–Crippen MR) is 80.4 cm³/mol. The number of primary amides is 1. The Hall–Kier alpha value is -1.59. The molecule has 112 valence electrons. The van der Waals surface area contributed by atoms with Gasteiger partial charge in [-0.05, 0) is 23.5 Å². The fourth-order valence-electron chi connectivity index (χ4n) is 1.98. The number of rotatable bonds is 8. The molecule has 0 aromatic heterocycles. The lowest BCUT2D eigenvalue weighted by molar-refractivity contribution is 0.175. The van der Waals surface area contributed by atoms with E-state index in [0.29, 0.717) is 25.6 Å². The van der Waals surface area contributed by atoms with Gasteiger partial charge in [-0.25, -0.2) is 4.79 Å². The molecule has 0 aliphatic rings. The molecule has 0 aliphatic heterocycles. The summed E-state index contributed by atoms with van der Waals surface area (Å²) in [4.78, 5) is 10.5. The van der Waals surface area contributed by atoms with Crippen molar-refractivity contribution in [1.82, 2.24) is 10.6 Å². The molecule has 2 amide bonds. The number of nitrogens with one attached hydrogen (secondary N) is 2. The highest BCUT2D eigenvalue weighted by Crippen LogP contribution is 2.15. The molecule has 1 rings (SSSR count). The zero-order chi connectivity index (χ0) is 15.0. The molecule has 0 saturated heterocycles. The lowest BCUT2D eigenvalue weighted by atomic mass is 10.0. The van der Waals surface area contributed by atoms with Crippen LogP contribution < -0.4 is 16.4 Å². The van der Waals surface area contributed by atoms with E-state index in [1.807, 2.05) is 12.1 Å². The van der Waals surface area contributed by atoms with Crippen LogP contribution in [0.15, 0.2) is 24.3 Å². The fraction of sp³-hybridized carbons (Fsp3) is 0.533. The third-order valence-corrected chi connectivity index (χ3v) is 2.95. The van der Waals surface area contributed by atoms with Gasteiger partial charge in [0.15, 0.2) is 0 Å². The first kappa shape index (κ1) is 16.5. The molecule has 5 nitrogen and oxygen atoms in total. The van der Waals surface area contributed by atoms with Crippen LogP contribution in [0.3, 0.4) is 0 Å².